The standard InChI is InChI=1S/C36H49NO8S2/c1-3-4-5-6-7-8-9-10-11-12-13-14-15-16-17-18-19-22-31(38)43-29-28-37-35(42)45-34(41)25-24-33(40)44-32(39)23-20-21-26-36(2)27-30-46-47-36/h4-5,7-8,10-11,16-17,24-25H,3,6,9,12,15,18-23,26-30H2,1-2H3,(H,37,42)/b5-4-,8-7-,11-10-,17-16-,25-24+/t36-/m1/s1. The van der Waals surface area contributed by atoms with Crippen LogP contribution in [0.5, 0.6) is 0 Å². The van der Waals surface area contributed by atoms with E-state index in [4.69, 9.17) is 4.74 Å². The number of unbranched alkanes of at least 4 members (excludes halogenated alkanes) is 2. The van der Waals surface area contributed by atoms with Gasteiger partial charge in [-0.1, -0.05) is 95.4 Å². The SMILES string of the molecule is CC/C=C\C/C=C\C/C=C\CC#CC/C=C\CCCC(=O)OCCNC(=O)OC(=O)/C=C/C(=O)OC(=O)CCCC[C@]1(C)CCSS1. The third kappa shape index (κ3) is 25.3. The highest BCUT2D eigenvalue weighted by Crippen LogP contribution is 2.49. The summed E-state index contributed by atoms with van der Waals surface area (Å²) in [5.74, 6) is 4.11. The van der Waals surface area contributed by atoms with Crippen molar-refractivity contribution in [3.63, 3.8) is 0 Å². The first kappa shape index (κ1) is 41.5. The molecule has 0 aliphatic carbocycles. The van der Waals surface area contributed by atoms with Crippen LogP contribution in [0.1, 0.15) is 97.3 Å². The van der Waals surface area contributed by atoms with Crippen molar-refractivity contribution in [3.05, 3.63) is 60.8 Å². The summed E-state index contributed by atoms with van der Waals surface area (Å²) in [6.07, 6.45) is 26.7. The predicted octanol–water partition coefficient (Wildman–Crippen LogP) is 7.88. The summed E-state index contributed by atoms with van der Waals surface area (Å²) in [4.78, 5) is 58.8. The molecule has 1 aliphatic rings. The summed E-state index contributed by atoms with van der Waals surface area (Å²) in [5, 5.41) is 2.27. The molecule has 0 bridgehead atoms. The molecule has 0 saturated carbocycles. The Bertz CT molecular complexity index is 1190. The fourth-order valence-electron chi connectivity index (χ4n) is 3.92. The van der Waals surface area contributed by atoms with Crippen LogP contribution in [0.4, 0.5) is 4.79 Å². The zero-order chi connectivity index (χ0) is 34.4. The van der Waals surface area contributed by atoms with E-state index in [9.17, 15) is 24.0 Å². The first-order valence-electron chi connectivity index (χ1n) is 16.2. The Kier molecular flexibility index (Phi) is 24.4. The molecule has 0 radical (unpaired) electrons. The molecule has 1 heterocycles. The van der Waals surface area contributed by atoms with Gasteiger partial charge in [0.05, 0.1) is 6.54 Å². The van der Waals surface area contributed by atoms with Gasteiger partial charge in [-0.05, 0) is 58.3 Å². The topological polar surface area (TPSA) is 125 Å². The van der Waals surface area contributed by atoms with E-state index in [2.05, 4.69) is 76.9 Å². The lowest BCUT2D eigenvalue weighted by Gasteiger charge is -2.20. The van der Waals surface area contributed by atoms with E-state index in [1.165, 1.54) is 0 Å². The zero-order valence-electron chi connectivity index (χ0n) is 27.7. The molecule has 11 heteroatoms. The van der Waals surface area contributed by atoms with E-state index in [0.29, 0.717) is 25.3 Å². The molecule has 1 rings (SSSR count). The van der Waals surface area contributed by atoms with Gasteiger partial charge in [0, 0.05) is 48.3 Å². The van der Waals surface area contributed by atoms with Crippen molar-refractivity contribution in [2.24, 2.45) is 0 Å². The summed E-state index contributed by atoms with van der Waals surface area (Å²) in [6.45, 7) is 4.19. The van der Waals surface area contributed by atoms with Crippen LogP contribution < -0.4 is 5.32 Å². The number of hydrogen-bond acceptors (Lipinski definition) is 10. The molecule has 258 valence electrons. The molecular formula is C36H49NO8S2. The molecule has 0 spiro atoms. The van der Waals surface area contributed by atoms with Crippen LogP contribution in [-0.4, -0.2) is 53.6 Å². The molecule has 1 saturated heterocycles. The molecule has 0 unspecified atom stereocenters. The number of carbonyl (C=O) groups excluding carboxylic acids is 5. The van der Waals surface area contributed by atoms with Crippen molar-refractivity contribution >= 4 is 51.6 Å². The fraction of sp³-hybridized carbons (Fsp3) is 0.528. The minimum absolute atomic E-state index is 0.0596. The van der Waals surface area contributed by atoms with Crippen molar-refractivity contribution in [2.45, 2.75) is 102 Å². The van der Waals surface area contributed by atoms with Crippen molar-refractivity contribution in [1.29, 1.82) is 0 Å². The van der Waals surface area contributed by atoms with Gasteiger partial charge in [0.25, 0.3) is 0 Å². The number of allylic oxidation sites excluding steroid dienone is 8. The number of rotatable bonds is 21. The quantitative estimate of drug-likeness (QED) is 0.0186. The molecular weight excluding hydrogens is 639 g/mol. The maximum absolute atomic E-state index is 11.8. The van der Waals surface area contributed by atoms with Gasteiger partial charge in [-0.25, -0.2) is 14.4 Å². The summed E-state index contributed by atoms with van der Waals surface area (Å²) in [7, 11) is 3.74. The lowest BCUT2D eigenvalue weighted by atomic mass is 9.99. The number of hydrogen-bond donors (Lipinski definition) is 1. The number of alkyl carbamates (subject to hydrolysis) is 1. The van der Waals surface area contributed by atoms with E-state index in [1.807, 2.05) is 33.7 Å². The first-order chi connectivity index (χ1) is 22.7. The summed E-state index contributed by atoms with van der Waals surface area (Å²) in [5.41, 5.74) is 0. The maximum atomic E-state index is 11.8. The minimum atomic E-state index is -1.12. The van der Waals surface area contributed by atoms with Gasteiger partial charge in [0.15, 0.2) is 0 Å². The monoisotopic (exact) mass is 687 g/mol. The third-order valence-electron chi connectivity index (χ3n) is 6.47. The fourth-order valence-corrected chi connectivity index (χ4v) is 7.22. The van der Waals surface area contributed by atoms with Gasteiger partial charge >= 0.3 is 30.0 Å². The molecule has 0 aromatic carbocycles. The highest BCUT2D eigenvalue weighted by Gasteiger charge is 2.29. The smallest absolute Gasteiger partial charge is 0.415 e. The summed E-state index contributed by atoms with van der Waals surface area (Å²) >= 11 is 0. The Balaban J connectivity index is 2.02. The number of amides is 1. The molecule has 1 aliphatic heterocycles. The van der Waals surface area contributed by atoms with Crippen LogP contribution in [0.2, 0.25) is 0 Å². The van der Waals surface area contributed by atoms with Gasteiger partial charge in [-0.15, -0.1) is 0 Å². The Labute approximate surface area is 287 Å². The Morgan fingerprint density at radius 3 is 2.11 bits per heavy atom. The second-order valence-corrected chi connectivity index (χ2v) is 13.7. The summed E-state index contributed by atoms with van der Waals surface area (Å²) < 4.78 is 14.4. The van der Waals surface area contributed by atoms with Crippen LogP contribution in [0.3, 0.4) is 0 Å². The van der Waals surface area contributed by atoms with Gasteiger partial charge in [-0.3, -0.25) is 9.59 Å². The van der Waals surface area contributed by atoms with Crippen LogP contribution in [-0.2, 0) is 33.4 Å². The second-order valence-electron chi connectivity index (χ2n) is 10.7. The number of carbonyl (C=O) groups is 5. The predicted molar refractivity (Wildman–Crippen MR) is 189 cm³/mol. The van der Waals surface area contributed by atoms with E-state index < -0.39 is 30.0 Å². The zero-order valence-corrected chi connectivity index (χ0v) is 29.3. The molecule has 0 aromatic heterocycles. The Morgan fingerprint density at radius 1 is 0.787 bits per heavy atom. The summed E-state index contributed by atoms with van der Waals surface area (Å²) in [6, 6.07) is 0. The van der Waals surface area contributed by atoms with Crippen molar-refractivity contribution < 1.29 is 38.2 Å². The molecule has 1 atom stereocenters. The molecule has 1 amide bonds. The molecule has 0 aromatic rings. The van der Waals surface area contributed by atoms with E-state index in [0.717, 1.165) is 63.2 Å². The van der Waals surface area contributed by atoms with E-state index in [1.54, 1.807) is 0 Å². The Morgan fingerprint density at radius 2 is 1.43 bits per heavy atom. The second kappa shape index (κ2) is 27.6. The van der Waals surface area contributed by atoms with Crippen molar-refractivity contribution in [1.82, 2.24) is 5.32 Å². The van der Waals surface area contributed by atoms with Gasteiger partial charge in [0.1, 0.15) is 6.61 Å². The molecule has 1 N–H and O–H groups in total. The number of esters is 4. The van der Waals surface area contributed by atoms with Gasteiger partial charge in [-0.2, -0.15) is 0 Å². The van der Waals surface area contributed by atoms with Crippen molar-refractivity contribution in [2.75, 3.05) is 18.9 Å². The lowest BCUT2D eigenvalue weighted by molar-refractivity contribution is -0.156. The molecule has 9 nitrogen and oxygen atoms in total. The van der Waals surface area contributed by atoms with Crippen LogP contribution >= 0.6 is 21.6 Å². The van der Waals surface area contributed by atoms with E-state index in [-0.39, 0.29) is 30.7 Å². The van der Waals surface area contributed by atoms with Gasteiger partial charge in [0.2, 0.25) is 0 Å². The lowest BCUT2D eigenvalue weighted by Crippen LogP contribution is -2.30. The highest BCUT2D eigenvalue weighted by atomic mass is 33.1. The molecule has 1 fully saturated rings. The maximum Gasteiger partial charge on any atom is 0.415 e. The average Bonchev–Trinajstić information content (AvgIpc) is 3.48. The van der Waals surface area contributed by atoms with Crippen LogP contribution in [0, 0.1) is 11.8 Å². The highest BCUT2D eigenvalue weighted by molar-refractivity contribution is 8.77. The number of ether oxygens (including phenoxy) is 3. The van der Waals surface area contributed by atoms with Crippen LogP contribution in [0.15, 0.2) is 60.8 Å². The molecule has 47 heavy (non-hydrogen) atoms. The van der Waals surface area contributed by atoms with E-state index >= 15 is 0 Å². The average molecular weight is 688 g/mol. The largest absolute Gasteiger partial charge is 0.464 e. The first-order valence-corrected chi connectivity index (χ1v) is 18.5. The number of nitrogens with one attached hydrogen (secondary N) is 1. The Hall–Kier alpha value is -3.49. The minimum Gasteiger partial charge on any atom is -0.464 e. The van der Waals surface area contributed by atoms with Crippen molar-refractivity contribution in [3.8, 4) is 11.8 Å². The normalized spacial score (nSPS) is 16.2. The van der Waals surface area contributed by atoms with Gasteiger partial charge < -0.3 is 19.5 Å². The third-order valence-corrected chi connectivity index (χ3v) is 9.83. The van der Waals surface area contributed by atoms with Crippen LogP contribution in [0.25, 0.3) is 0 Å².